The minimum atomic E-state index is -1.34. The Balaban J connectivity index is 1.19. The minimum Gasteiger partial charge on any atom is -0.497 e. The van der Waals surface area contributed by atoms with E-state index in [1.807, 2.05) is 0 Å². The van der Waals surface area contributed by atoms with Crippen LogP contribution in [0.4, 0.5) is 24.5 Å². The predicted octanol–water partition coefficient (Wildman–Crippen LogP) is 8.32. The fourth-order valence-electron chi connectivity index (χ4n) is 6.33. The van der Waals surface area contributed by atoms with Gasteiger partial charge in [-0.1, -0.05) is 41.4 Å². The van der Waals surface area contributed by atoms with E-state index in [0.717, 1.165) is 17.7 Å². The van der Waals surface area contributed by atoms with Crippen molar-refractivity contribution < 1.29 is 37.3 Å². The zero-order valence-corrected chi connectivity index (χ0v) is 27.4. The van der Waals surface area contributed by atoms with Crippen molar-refractivity contribution in [3.8, 4) is 22.6 Å². The van der Waals surface area contributed by atoms with Crippen molar-refractivity contribution in [3.63, 3.8) is 0 Å². The highest BCUT2D eigenvalue weighted by Crippen LogP contribution is 2.42. The molecule has 6 rings (SSSR count). The fourth-order valence-corrected chi connectivity index (χ4v) is 6.85. The average molecular weight is 700 g/mol. The lowest BCUT2D eigenvalue weighted by atomic mass is 9.79. The molecule has 4 aromatic rings. The standard InChI is InChI=1S/C36H31Cl2F3N2O5/c1-47-23-5-2-21(3-6-23)19-43-33(44)11-8-25-32(10-9-28(39)34(25)43)48-20-36(35(45)46)12-14-42(15-13-36)31-18-29(40)26(17-30(31)41)24-7-4-22(37)16-27(24)38/h2-7,9-10,16-18H,8,11-15,19-20H2,1H3,(H,45,46). The van der Waals surface area contributed by atoms with Gasteiger partial charge >= 0.3 is 5.97 Å². The molecule has 48 heavy (non-hydrogen) atoms. The lowest BCUT2D eigenvalue weighted by Gasteiger charge is -2.40. The number of ether oxygens (including phenoxy) is 2. The number of piperidine rings is 1. The summed E-state index contributed by atoms with van der Waals surface area (Å²) >= 11 is 12.2. The number of nitrogens with zero attached hydrogens (tertiary/aromatic N) is 2. The van der Waals surface area contributed by atoms with Crippen LogP contribution in [0.15, 0.2) is 66.7 Å². The fraction of sp³-hybridized carbons (Fsp3) is 0.278. The number of halogens is 5. The normalized spacial score (nSPS) is 15.7. The zero-order chi connectivity index (χ0) is 34.2. The Bertz CT molecular complexity index is 1880. The first-order valence-corrected chi connectivity index (χ1v) is 16.1. The van der Waals surface area contributed by atoms with Crippen LogP contribution in [-0.2, 0) is 22.6 Å². The van der Waals surface area contributed by atoms with Gasteiger partial charge in [0, 0.05) is 52.3 Å². The Kier molecular flexibility index (Phi) is 9.49. The summed E-state index contributed by atoms with van der Waals surface area (Å²) in [6, 6.07) is 16.4. The van der Waals surface area contributed by atoms with Crippen LogP contribution in [0, 0.1) is 22.9 Å². The molecule has 0 bridgehead atoms. The molecular formula is C36H31Cl2F3N2O5. The molecule has 4 aromatic carbocycles. The van der Waals surface area contributed by atoms with Gasteiger partial charge < -0.3 is 24.4 Å². The number of amides is 1. The van der Waals surface area contributed by atoms with Gasteiger partial charge in [-0.15, -0.1) is 0 Å². The molecule has 0 spiro atoms. The third kappa shape index (κ3) is 6.51. The topological polar surface area (TPSA) is 79.3 Å². The highest BCUT2D eigenvalue weighted by molar-refractivity contribution is 6.36. The minimum absolute atomic E-state index is 0.00969. The highest BCUT2D eigenvalue weighted by Gasteiger charge is 2.43. The first-order chi connectivity index (χ1) is 23.0. The molecule has 2 aliphatic heterocycles. The van der Waals surface area contributed by atoms with E-state index in [1.54, 1.807) is 36.3 Å². The van der Waals surface area contributed by atoms with E-state index in [0.29, 0.717) is 27.6 Å². The molecule has 2 aliphatic rings. The van der Waals surface area contributed by atoms with E-state index in [-0.39, 0.29) is 79.8 Å². The van der Waals surface area contributed by atoms with E-state index < -0.39 is 28.8 Å². The molecule has 0 atom stereocenters. The average Bonchev–Trinajstić information content (AvgIpc) is 3.07. The predicted molar refractivity (Wildman–Crippen MR) is 178 cm³/mol. The molecule has 0 unspecified atom stereocenters. The van der Waals surface area contributed by atoms with E-state index in [4.69, 9.17) is 32.7 Å². The van der Waals surface area contributed by atoms with Gasteiger partial charge in [0.15, 0.2) is 0 Å². The summed E-state index contributed by atoms with van der Waals surface area (Å²) in [7, 11) is 1.55. The van der Waals surface area contributed by atoms with Gasteiger partial charge in [0.05, 0.1) is 25.0 Å². The smallest absolute Gasteiger partial charge is 0.313 e. The molecule has 1 N–H and O–H groups in total. The van der Waals surface area contributed by atoms with Crippen molar-refractivity contribution in [2.45, 2.75) is 32.2 Å². The quantitative estimate of drug-likeness (QED) is 0.189. The van der Waals surface area contributed by atoms with Crippen molar-refractivity contribution in [2.24, 2.45) is 5.41 Å². The summed E-state index contributed by atoms with van der Waals surface area (Å²) in [5.41, 5.74) is 0.321. The lowest BCUT2D eigenvalue weighted by Crippen LogP contribution is -2.48. The third-order valence-electron chi connectivity index (χ3n) is 9.13. The zero-order valence-electron chi connectivity index (χ0n) is 25.9. The number of anilines is 2. The van der Waals surface area contributed by atoms with Crippen LogP contribution in [-0.4, -0.2) is 43.8 Å². The van der Waals surface area contributed by atoms with Gasteiger partial charge in [-0.05, 0) is 67.3 Å². The molecule has 1 fully saturated rings. The van der Waals surface area contributed by atoms with Crippen LogP contribution in [0.5, 0.6) is 11.5 Å². The van der Waals surface area contributed by atoms with Crippen molar-refractivity contribution in [2.75, 3.05) is 36.6 Å². The van der Waals surface area contributed by atoms with Crippen LogP contribution in [0.1, 0.15) is 30.4 Å². The molecule has 0 saturated carbocycles. The van der Waals surface area contributed by atoms with Crippen LogP contribution in [0.25, 0.3) is 11.1 Å². The summed E-state index contributed by atoms with van der Waals surface area (Å²) in [6.45, 7) is 0.152. The highest BCUT2D eigenvalue weighted by atomic mass is 35.5. The Labute approximate surface area is 285 Å². The van der Waals surface area contributed by atoms with Gasteiger partial charge in [0.1, 0.15) is 41.0 Å². The van der Waals surface area contributed by atoms with Gasteiger partial charge in [-0.2, -0.15) is 0 Å². The summed E-state index contributed by atoms with van der Waals surface area (Å²) in [4.78, 5) is 28.6. The number of carbonyl (C=O) groups excluding carboxylic acids is 1. The summed E-state index contributed by atoms with van der Waals surface area (Å²) in [5.74, 6) is -2.33. The van der Waals surface area contributed by atoms with E-state index in [2.05, 4.69) is 0 Å². The number of carbonyl (C=O) groups is 2. The number of methoxy groups -OCH3 is 1. The van der Waals surface area contributed by atoms with Crippen molar-refractivity contribution >= 4 is 46.5 Å². The number of hydrogen-bond acceptors (Lipinski definition) is 5. The first-order valence-electron chi connectivity index (χ1n) is 15.3. The number of fused-ring (bicyclic) bond motifs is 1. The number of rotatable bonds is 9. The Morgan fingerprint density at radius 3 is 2.29 bits per heavy atom. The van der Waals surface area contributed by atoms with Gasteiger partial charge in [-0.25, -0.2) is 13.2 Å². The molecule has 12 heteroatoms. The number of benzene rings is 4. The molecular weight excluding hydrogens is 668 g/mol. The Morgan fingerprint density at radius 1 is 0.896 bits per heavy atom. The second-order valence-corrected chi connectivity index (χ2v) is 12.8. The van der Waals surface area contributed by atoms with E-state index in [9.17, 15) is 14.7 Å². The SMILES string of the molecule is COc1ccc(CN2C(=O)CCc3c(OCC4(C(=O)O)CCN(c5cc(F)c(-c6ccc(Cl)cc6Cl)cc5F)CC4)ccc(F)c32)cc1. The Hall–Kier alpha value is -4.41. The first kappa shape index (κ1) is 33.5. The van der Waals surface area contributed by atoms with Crippen LogP contribution < -0.4 is 19.3 Å². The summed E-state index contributed by atoms with van der Waals surface area (Å²) in [5, 5.41) is 10.9. The van der Waals surface area contributed by atoms with Crippen molar-refractivity contribution in [3.05, 3.63) is 105 Å². The number of carboxylic acid groups (broad SMARTS) is 1. The van der Waals surface area contributed by atoms with Gasteiger partial charge in [0.2, 0.25) is 5.91 Å². The molecule has 1 amide bonds. The number of carboxylic acids is 1. The maximum atomic E-state index is 15.4. The summed E-state index contributed by atoms with van der Waals surface area (Å²) < 4.78 is 57.2. The second kappa shape index (κ2) is 13.6. The molecule has 2 heterocycles. The van der Waals surface area contributed by atoms with Gasteiger partial charge in [0.25, 0.3) is 0 Å². The number of hydrogen-bond donors (Lipinski definition) is 1. The second-order valence-electron chi connectivity index (χ2n) is 12.0. The van der Waals surface area contributed by atoms with Crippen LogP contribution in [0.2, 0.25) is 10.0 Å². The molecule has 0 aromatic heterocycles. The van der Waals surface area contributed by atoms with E-state index >= 15 is 13.2 Å². The summed E-state index contributed by atoms with van der Waals surface area (Å²) in [6.07, 6.45) is 0.530. The molecule has 0 radical (unpaired) electrons. The van der Waals surface area contributed by atoms with Crippen LogP contribution in [0.3, 0.4) is 0 Å². The molecule has 0 aliphatic carbocycles. The van der Waals surface area contributed by atoms with Crippen LogP contribution >= 0.6 is 23.2 Å². The maximum Gasteiger partial charge on any atom is 0.313 e. The maximum absolute atomic E-state index is 15.4. The Morgan fingerprint density at radius 2 is 1.62 bits per heavy atom. The van der Waals surface area contributed by atoms with Crippen molar-refractivity contribution in [1.29, 1.82) is 0 Å². The van der Waals surface area contributed by atoms with E-state index in [1.165, 1.54) is 35.2 Å². The largest absolute Gasteiger partial charge is 0.497 e. The molecule has 250 valence electrons. The third-order valence-corrected chi connectivity index (χ3v) is 9.67. The van der Waals surface area contributed by atoms with Crippen molar-refractivity contribution in [1.82, 2.24) is 0 Å². The lowest BCUT2D eigenvalue weighted by molar-refractivity contribution is -0.152. The van der Waals surface area contributed by atoms with Gasteiger partial charge in [-0.3, -0.25) is 9.59 Å². The molecule has 1 saturated heterocycles. The molecule has 7 nitrogen and oxygen atoms in total. The number of aliphatic carboxylic acids is 1. The monoisotopic (exact) mass is 698 g/mol.